The molecule has 0 unspecified atom stereocenters. The van der Waals surface area contributed by atoms with Gasteiger partial charge in [0.05, 0.1) is 33.0 Å². The molecule has 0 aliphatic rings. The van der Waals surface area contributed by atoms with Crippen LogP contribution in [-0.2, 0) is 20.8 Å². The van der Waals surface area contributed by atoms with E-state index in [1.165, 1.54) is 11.3 Å². The molecule has 0 atom stereocenters. The molecule has 122 valence electrons. The summed E-state index contributed by atoms with van der Waals surface area (Å²) < 4.78 is 21.5. The van der Waals surface area contributed by atoms with Crippen molar-refractivity contribution in [3.63, 3.8) is 0 Å². The van der Waals surface area contributed by atoms with Crippen molar-refractivity contribution in [3.8, 4) is 5.19 Å². The van der Waals surface area contributed by atoms with Crippen molar-refractivity contribution in [2.75, 3.05) is 46.2 Å². The molecule has 0 aliphatic heterocycles. The molecular weight excluding hydrogens is 294 g/mol. The number of nitrogens with zero attached hydrogens (tertiary/aromatic N) is 2. The number of nitrogens with two attached hydrogens (primary N) is 1. The van der Waals surface area contributed by atoms with E-state index in [1.807, 2.05) is 0 Å². The minimum atomic E-state index is 0.386. The second kappa shape index (κ2) is 12.9. The molecule has 0 bridgehead atoms. The van der Waals surface area contributed by atoms with E-state index in [0.29, 0.717) is 51.4 Å². The topological polar surface area (TPSA) is 88.7 Å². The molecule has 2 N–H and O–H groups in total. The number of hydrogen-bond donors (Lipinski definition) is 1. The van der Waals surface area contributed by atoms with Crippen molar-refractivity contribution in [1.29, 1.82) is 0 Å². The van der Waals surface area contributed by atoms with Gasteiger partial charge in [-0.25, -0.2) is 0 Å². The van der Waals surface area contributed by atoms with Crippen molar-refractivity contribution >= 4 is 11.3 Å². The molecule has 0 aliphatic carbocycles. The Labute approximate surface area is 129 Å². The van der Waals surface area contributed by atoms with Crippen molar-refractivity contribution in [1.82, 2.24) is 10.2 Å². The summed E-state index contributed by atoms with van der Waals surface area (Å²) in [5.74, 6) is 0. The van der Waals surface area contributed by atoms with Gasteiger partial charge in [0.2, 0.25) is 0 Å². The van der Waals surface area contributed by atoms with E-state index in [1.54, 1.807) is 0 Å². The Morgan fingerprint density at radius 2 is 1.52 bits per heavy atom. The monoisotopic (exact) mass is 319 g/mol. The van der Waals surface area contributed by atoms with Crippen LogP contribution in [0.25, 0.3) is 0 Å². The fraction of sp³-hybridized carbons (Fsp3) is 0.846. The zero-order valence-electron chi connectivity index (χ0n) is 12.6. The van der Waals surface area contributed by atoms with E-state index in [2.05, 4.69) is 17.1 Å². The summed E-state index contributed by atoms with van der Waals surface area (Å²) in [5, 5.41) is 9.00. The number of unbranched alkanes of at least 4 members (excludes halogenated alkanes) is 1. The second-order valence-electron chi connectivity index (χ2n) is 4.20. The van der Waals surface area contributed by atoms with Gasteiger partial charge in [0.25, 0.3) is 5.19 Å². The largest absolute Gasteiger partial charge is 0.466 e. The minimum absolute atomic E-state index is 0.386. The Morgan fingerprint density at radius 3 is 2.10 bits per heavy atom. The van der Waals surface area contributed by atoms with Crippen LogP contribution in [0.3, 0.4) is 0 Å². The highest BCUT2D eigenvalue weighted by Crippen LogP contribution is 2.16. The van der Waals surface area contributed by atoms with Crippen LogP contribution in [0.1, 0.15) is 24.8 Å². The van der Waals surface area contributed by atoms with Crippen molar-refractivity contribution in [2.24, 2.45) is 5.73 Å². The van der Waals surface area contributed by atoms with Gasteiger partial charge in [-0.05, 0) is 6.42 Å². The Bertz CT molecular complexity index is 352. The molecule has 1 heterocycles. The Kier molecular flexibility index (Phi) is 11.2. The highest BCUT2D eigenvalue weighted by Gasteiger charge is 2.02. The Balaban J connectivity index is 1.80. The lowest BCUT2D eigenvalue weighted by atomic mass is 10.4. The quantitative estimate of drug-likeness (QED) is 0.516. The predicted octanol–water partition coefficient (Wildman–Crippen LogP) is 1.23. The molecule has 0 amide bonds. The van der Waals surface area contributed by atoms with Gasteiger partial charge in [-0.2, -0.15) is 0 Å². The summed E-state index contributed by atoms with van der Waals surface area (Å²) >= 11 is 1.35. The van der Waals surface area contributed by atoms with Crippen LogP contribution in [0.2, 0.25) is 0 Å². The normalized spacial score (nSPS) is 11.0. The minimum Gasteiger partial charge on any atom is -0.466 e. The van der Waals surface area contributed by atoms with Gasteiger partial charge in [0.15, 0.2) is 0 Å². The average molecular weight is 319 g/mol. The van der Waals surface area contributed by atoms with Gasteiger partial charge in [-0.15, -0.1) is 10.2 Å². The van der Waals surface area contributed by atoms with Gasteiger partial charge in [0, 0.05) is 13.2 Å². The van der Waals surface area contributed by atoms with Gasteiger partial charge in [-0.1, -0.05) is 24.7 Å². The van der Waals surface area contributed by atoms with Gasteiger partial charge < -0.3 is 24.7 Å². The first-order chi connectivity index (χ1) is 10.4. The zero-order chi connectivity index (χ0) is 15.2. The summed E-state index contributed by atoms with van der Waals surface area (Å²) in [5.41, 5.74) is 5.44. The molecule has 1 rings (SSSR count). The van der Waals surface area contributed by atoms with Crippen LogP contribution in [0.15, 0.2) is 0 Å². The maximum Gasteiger partial charge on any atom is 0.294 e. The first-order valence-corrected chi connectivity index (χ1v) is 8.07. The third-order valence-electron chi connectivity index (χ3n) is 2.46. The van der Waals surface area contributed by atoms with E-state index in [-0.39, 0.29) is 0 Å². The molecular formula is C13H25N3O4S. The molecule has 1 aromatic heterocycles. The van der Waals surface area contributed by atoms with Crippen LogP contribution < -0.4 is 10.5 Å². The van der Waals surface area contributed by atoms with E-state index >= 15 is 0 Å². The lowest BCUT2D eigenvalue weighted by Crippen LogP contribution is -2.12. The highest BCUT2D eigenvalue weighted by molar-refractivity contribution is 7.13. The van der Waals surface area contributed by atoms with Crippen molar-refractivity contribution in [3.05, 3.63) is 5.01 Å². The Hall–Kier alpha value is -0.800. The zero-order valence-corrected chi connectivity index (χ0v) is 13.4. The molecule has 0 fully saturated rings. The predicted molar refractivity (Wildman–Crippen MR) is 80.7 cm³/mol. The number of aromatic nitrogens is 2. The van der Waals surface area contributed by atoms with E-state index in [0.717, 1.165) is 24.5 Å². The number of rotatable bonds is 14. The van der Waals surface area contributed by atoms with Crippen LogP contribution in [0, 0.1) is 0 Å². The maximum absolute atomic E-state index is 5.44. The van der Waals surface area contributed by atoms with Crippen molar-refractivity contribution < 1.29 is 18.9 Å². The third kappa shape index (κ3) is 9.70. The molecule has 7 nitrogen and oxygen atoms in total. The fourth-order valence-corrected chi connectivity index (χ4v) is 1.95. The third-order valence-corrected chi connectivity index (χ3v) is 3.32. The Morgan fingerprint density at radius 1 is 0.905 bits per heavy atom. The molecule has 0 radical (unpaired) electrons. The molecule has 1 aromatic rings. The lowest BCUT2D eigenvalue weighted by Gasteiger charge is -2.06. The summed E-state index contributed by atoms with van der Waals surface area (Å²) in [7, 11) is 0. The molecule has 8 heteroatoms. The van der Waals surface area contributed by atoms with Gasteiger partial charge in [-0.3, -0.25) is 0 Å². The summed E-state index contributed by atoms with van der Waals surface area (Å²) in [6.07, 6.45) is 2.26. The second-order valence-corrected chi connectivity index (χ2v) is 5.23. The number of ether oxygens (including phenoxy) is 4. The first kappa shape index (κ1) is 18.2. The summed E-state index contributed by atoms with van der Waals surface area (Å²) in [4.78, 5) is 0. The SMILES string of the molecule is CCCCOCCOCCOCCOc1nnc(CN)s1. The van der Waals surface area contributed by atoms with Crippen LogP contribution >= 0.6 is 11.3 Å². The maximum atomic E-state index is 5.44. The lowest BCUT2D eigenvalue weighted by molar-refractivity contribution is 0.00891. The molecule has 0 saturated heterocycles. The average Bonchev–Trinajstić information content (AvgIpc) is 2.96. The van der Waals surface area contributed by atoms with E-state index in [9.17, 15) is 0 Å². The number of hydrogen-bond acceptors (Lipinski definition) is 8. The molecule has 0 aromatic carbocycles. The smallest absolute Gasteiger partial charge is 0.294 e. The van der Waals surface area contributed by atoms with Gasteiger partial charge in [0.1, 0.15) is 11.6 Å². The van der Waals surface area contributed by atoms with E-state index in [4.69, 9.17) is 24.7 Å². The van der Waals surface area contributed by atoms with Crippen LogP contribution in [-0.4, -0.2) is 56.4 Å². The molecule has 0 saturated carbocycles. The molecule has 0 spiro atoms. The fourth-order valence-electron chi connectivity index (χ4n) is 1.36. The van der Waals surface area contributed by atoms with Gasteiger partial charge >= 0.3 is 0 Å². The van der Waals surface area contributed by atoms with Crippen molar-refractivity contribution in [2.45, 2.75) is 26.3 Å². The first-order valence-electron chi connectivity index (χ1n) is 7.25. The van der Waals surface area contributed by atoms with Crippen LogP contribution in [0.5, 0.6) is 5.19 Å². The molecule has 21 heavy (non-hydrogen) atoms. The highest BCUT2D eigenvalue weighted by atomic mass is 32.1. The standard InChI is InChI=1S/C13H25N3O4S/c1-2-3-4-17-5-6-18-7-8-19-9-10-20-13-16-15-12(11-14)21-13/h2-11,14H2,1H3. The van der Waals surface area contributed by atoms with E-state index < -0.39 is 0 Å². The summed E-state index contributed by atoms with van der Waals surface area (Å²) in [6.45, 7) is 6.63. The summed E-state index contributed by atoms with van der Waals surface area (Å²) in [6, 6.07) is 0. The van der Waals surface area contributed by atoms with Crippen LogP contribution in [0.4, 0.5) is 0 Å².